The van der Waals surface area contributed by atoms with E-state index < -0.39 is 0 Å². The van der Waals surface area contributed by atoms with Crippen LogP contribution in [0.4, 0.5) is 5.69 Å². The predicted molar refractivity (Wildman–Crippen MR) is 133 cm³/mol. The highest BCUT2D eigenvalue weighted by molar-refractivity contribution is 14.0. The van der Waals surface area contributed by atoms with Crippen molar-refractivity contribution >= 4 is 41.5 Å². The molecule has 0 aliphatic heterocycles. The van der Waals surface area contributed by atoms with Gasteiger partial charge in [-0.25, -0.2) is 0 Å². The second kappa shape index (κ2) is 13.2. The lowest BCUT2D eigenvalue weighted by Gasteiger charge is -2.18. The van der Waals surface area contributed by atoms with Crippen LogP contribution in [-0.4, -0.2) is 25.0 Å². The molecule has 0 saturated carbocycles. The fourth-order valence-corrected chi connectivity index (χ4v) is 2.71. The Morgan fingerprint density at radius 2 is 1.62 bits per heavy atom. The average molecular weight is 508 g/mol. The van der Waals surface area contributed by atoms with Crippen molar-refractivity contribution in [2.45, 2.75) is 46.2 Å². The van der Waals surface area contributed by atoms with Gasteiger partial charge in [-0.1, -0.05) is 56.3 Å². The van der Waals surface area contributed by atoms with Gasteiger partial charge < -0.3 is 16.0 Å². The number of nitrogens with zero attached hydrogens (tertiary/aromatic N) is 1. The molecule has 0 radical (unpaired) electrons. The van der Waals surface area contributed by atoms with Crippen LogP contribution in [0.2, 0.25) is 0 Å². The molecular formula is C23H33IN4O. The van der Waals surface area contributed by atoms with Crippen molar-refractivity contribution in [3.05, 3.63) is 65.7 Å². The Morgan fingerprint density at radius 3 is 2.21 bits per heavy atom. The van der Waals surface area contributed by atoms with E-state index in [-0.39, 0.29) is 35.8 Å². The van der Waals surface area contributed by atoms with Crippen molar-refractivity contribution in [3.8, 4) is 0 Å². The molecule has 1 atom stereocenters. The molecule has 0 spiro atoms. The number of anilines is 1. The monoisotopic (exact) mass is 508 g/mol. The van der Waals surface area contributed by atoms with Crippen LogP contribution in [0.15, 0.2) is 59.6 Å². The van der Waals surface area contributed by atoms with Crippen LogP contribution >= 0.6 is 24.0 Å². The van der Waals surface area contributed by atoms with Gasteiger partial charge in [-0.15, -0.1) is 24.0 Å². The molecule has 3 N–H and O–H groups in total. The van der Waals surface area contributed by atoms with Crippen LogP contribution in [0.3, 0.4) is 0 Å². The Balaban J connectivity index is 0.00000420. The van der Waals surface area contributed by atoms with Crippen LogP contribution < -0.4 is 16.0 Å². The van der Waals surface area contributed by atoms with Gasteiger partial charge in [0, 0.05) is 31.2 Å². The topological polar surface area (TPSA) is 65.5 Å². The molecule has 1 amide bonds. The third kappa shape index (κ3) is 9.30. The maximum Gasteiger partial charge on any atom is 0.226 e. The summed E-state index contributed by atoms with van der Waals surface area (Å²) < 4.78 is 0. The second-order valence-corrected chi connectivity index (χ2v) is 7.34. The maximum atomic E-state index is 11.8. The van der Waals surface area contributed by atoms with Gasteiger partial charge >= 0.3 is 0 Å². The lowest BCUT2D eigenvalue weighted by Crippen LogP contribution is -2.42. The zero-order valence-corrected chi connectivity index (χ0v) is 20.1. The third-order valence-corrected chi connectivity index (χ3v) is 4.52. The lowest BCUT2D eigenvalue weighted by atomic mass is 10.1. The van der Waals surface area contributed by atoms with Gasteiger partial charge in [0.15, 0.2) is 5.96 Å². The van der Waals surface area contributed by atoms with Gasteiger partial charge in [-0.05, 0) is 43.0 Å². The summed E-state index contributed by atoms with van der Waals surface area (Å²) in [5.41, 5.74) is 3.30. The molecule has 0 bridgehead atoms. The summed E-state index contributed by atoms with van der Waals surface area (Å²) in [7, 11) is 1.78. The van der Waals surface area contributed by atoms with E-state index in [2.05, 4.69) is 52.1 Å². The first-order valence-electron chi connectivity index (χ1n) is 9.89. The molecule has 0 aromatic heterocycles. The molecule has 29 heavy (non-hydrogen) atoms. The van der Waals surface area contributed by atoms with E-state index >= 15 is 0 Å². The molecule has 158 valence electrons. The van der Waals surface area contributed by atoms with Gasteiger partial charge in [0.25, 0.3) is 0 Å². The Labute approximate surface area is 191 Å². The molecule has 2 aromatic carbocycles. The molecular weight excluding hydrogens is 475 g/mol. The van der Waals surface area contributed by atoms with Crippen LogP contribution in [0.25, 0.3) is 0 Å². The number of rotatable bonds is 8. The van der Waals surface area contributed by atoms with Crippen LogP contribution in [0.5, 0.6) is 0 Å². The first-order chi connectivity index (χ1) is 13.5. The van der Waals surface area contributed by atoms with Gasteiger partial charge in [-0.3, -0.25) is 9.79 Å². The first kappa shape index (κ1) is 24.9. The molecule has 2 aromatic rings. The fraction of sp³-hybridized carbons (Fsp3) is 0.391. The number of halogens is 1. The Kier molecular flexibility index (Phi) is 11.3. The van der Waals surface area contributed by atoms with E-state index in [0.29, 0.717) is 12.6 Å². The van der Waals surface area contributed by atoms with E-state index in [4.69, 9.17) is 0 Å². The summed E-state index contributed by atoms with van der Waals surface area (Å²) in [6.45, 7) is 6.60. The second-order valence-electron chi connectivity index (χ2n) is 7.34. The largest absolute Gasteiger partial charge is 0.354 e. The first-order valence-corrected chi connectivity index (χ1v) is 9.89. The number of carbonyl (C=O) groups excluding carboxylic acids is 1. The molecule has 0 heterocycles. The van der Waals surface area contributed by atoms with E-state index in [9.17, 15) is 4.79 Å². The highest BCUT2D eigenvalue weighted by Crippen LogP contribution is 2.11. The number of nitrogens with one attached hydrogen (secondary N) is 3. The number of hydrogen-bond donors (Lipinski definition) is 3. The van der Waals surface area contributed by atoms with E-state index in [1.54, 1.807) is 7.05 Å². The van der Waals surface area contributed by atoms with Crippen LogP contribution in [0.1, 0.15) is 38.3 Å². The summed E-state index contributed by atoms with van der Waals surface area (Å²) in [5.74, 6) is 0.789. The Bertz CT molecular complexity index is 760. The summed E-state index contributed by atoms with van der Waals surface area (Å²) in [6.07, 6.45) is 2.07. The van der Waals surface area contributed by atoms with Gasteiger partial charge in [0.05, 0.1) is 0 Å². The summed E-state index contributed by atoms with van der Waals surface area (Å²) in [5, 5.41) is 9.69. The highest BCUT2D eigenvalue weighted by atomic mass is 127. The third-order valence-electron chi connectivity index (χ3n) is 4.52. The quantitative estimate of drug-likeness (QED) is 0.278. The van der Waals surface area contributed by atoms with Crippen LogP contribution in [0, 0.1) is 5.92 Å². The van der Waals surface area contributed by atoms with E-state index in [1.165, 1.54) is 5.56 Å². The van der Waals surface area contributed by atoms with Crippen molar-refractivity contribution in [2.75, 3.05) is 12.4 Å². The molecule has 0 aliphatic rings. The zero-order valence-electron chi connectivity index (χ0n) is 17.7. The highest BCUT2D eigenvalue weighted by Gasteiger charge is 2.08. The van der Waals surface area contributed by atoms with Crippen molar-refractivity contribution in [1.29, 1.82) is 0 Å². The maximum absolute atomic E-state index is 11.8. The van der Waals surface area contributed by atoms with E-state index in [1.807, 2.05) is 44.2 Å². The predicted octanol–water partition coefficient (Wildman–Crippen LogP) is 4.59. The molecule has 5 nitrogen and oxygen atoms in total. The summed E-state index contributed by atoms with van der Waals surface area (Å²) in [6, 6.07) is 18.7. The number of aryl methyl sites for hydroxylation is 1. The Morgan fingerprint density at radius 1 is 0.966 bits per heavy atom. The number of benzene rings is 2. The Hall–Kier alpha value is -2.09. The minimum Gasteiger partial charge on any atom is -0.354 e. The number of carbonyl (C=O) groups is 1. The lowest BCUT2D eigenvalue weighted by molar-refractivity contribution is -0.118. The zero-order chi connectivity index (χ0) is 20.4. The molecule has 0 saturated heterocycles. The molecule has 1 unspecified atom stereocenters. The number of amides is 1. The number of hydrogen-bond acceptors (Lipinski definition) is 2. The standard InChI is InChI=1S/C23H32N4O.HI/c1-17(2)22(28)27-21-14-12-20(13-15-21)16-25-23(24-4)26-18(3)10-11-19-8-6-5-7-9-19;/h5-9,12-15,17-18H,10-11,16H2,1-4H3,(H,27,28)(H2,24,25,26);1H. The van der Waals surface area contributed by atoms with Gasteiger partial charge in [-0.2, -0.15) is 0 Å². The molecule has 2 rings (SSSR count). The normalized spacial score (nSPS) is 12.1. The number of guanidine groups is 1. The fourth-order valence-electron chi connectivity index (χ4n) is 2.71. The minimum atomic E-state index is -0.0281. The minimum absolute atomic E-state index is 0. The molecule has 6 heteroatoms. The van der Waals surface area contributed by atoms with Gasteiger partial charge in [0.2, 0.25) is 5.91 Å². The van der Waals surface area contributed by atoms with Crippen molar-refractivity contribution in [2.24, 2.45) is 10.9 Å². The summed E-state index contributed by atoms with van der Waals surface area (Å²) in [4.78, 5) is 16.1. The summed E-state index contributed by atoms with van der Waals surface area (Å²) >= 11 is 0. The number of aliphatic imine (C=N–C) groups is 1. The SMILES string of the molecule is CN=C(NCc1ccc(NC(=O)C(C)C)cc1)NC(C)CCc1ccccc1.I. The average Bonchev–Trinajstić information content (AvgIpc) is 2.71. The van der Waals surface area contributed by atoms with Crippen molar-refractivity contribution in [1.82, 2.24) is 10.6 Å². The van der Waals surface area contributed by atoms with Crippen molar-refractivity contribution in [3.63, 3.8) is 0 Å². The van der Waals surface area contributed by atoms with Crippen LogP contribution in [-0.2, 0) is 17.8 Å². The van der Waals surface area contributed by atoms with E-state index in [0.717, 1.165) is 30.1 Å². The molecule has 0 aliphatic carbocycles. The van der Waals surface area contributed by atoms with Crippen molar-refractivity contribution < 1.29 is 4.79 Å². The van der Waals surface area contributed by atoms with Gasteiger partial charge in [0.1, 0.15) is 0 Å². The smallest absolute Gasteiger partial charge is 0.226 e. The molecule has 0 fully saturated rings.